The van der Waals surface area contributed by atoms with E-state index in [2.05, 4.69) is 18.2 Å². The summed E-state index contributed by atoms with van der Waals surface area (Å²) in [4.78, 5) is 0. The van der Waals surface area contributed by atoms with Gasteiger partial charge in [0, 0.05) is 19.1 Å². The highest BCUT2D eigenvalue weighted by Crippen LogP contribution is 2.39. The van der Waals surface area contributed by atoms with Gasteiger partial charge in [-0.25, -0.2) is 0 Å². The molecule has 1 aliphatic heterocycles. The van der Waals surface area contributed by atoms with Crippen molar-refractivity contribution in [3.05, 3.63) is 42.0 Å². The summed E-state index contributed by atoms with van der Waals surface area (Å²) in [6.45, 7) is 0.396. The standard InChI is InChI=1S/C17H20O4/c1-19-10-17-14(18)9-16(21-17)13-7-11-5-3-4-6-12(11)8-15(13)20-2/h3-8,14,16-18H,9-10H2,1-2H3/t14?,16-,17-/m1/s1. The first kappa shape index (κ1) is 14.3. The van der Waals surface area contributed by atoms with Crippen LogP contribution in [0.1, 0.15) is 18.1 Å². The number of benzene rings is 2. The van der Waals surface area contributed by atoms with E-state index in [1.165, 1.54) is 0 Å². The van der Waals surface area contributed by atoms with Crippen molar-refractivity contribution < 1.29 is 19.3 Å². The van der Waals surface area contributed by atoms with E-state index in [9.17, 15) is 5.11 Å². The minimum Gasteiger partial charge on any atom is -0.496 e. The molecule has 21 heavy (non-hydrogen) atoms. The Morgan fingerprint density at radius 2 is 1.90 bits per heavy atom. The Labute approximate surface area is 124 Å². The van der Waals surface area contributed by atoms with Gasteiger partial charge in [0.05, 0.1) is 25.9 Å². The molecule has 4 nitrogen and oxygen atoms in total. The zero-order valence-corrected chi connectivity index (χ0v) is 12.3. The Balaban J connectivity index is 1.96. The lowest BCUT2D eigenvalue weighted by Gasteiger charge is -2.17. The average molecular weight is 288 g/mol. The second kappa shape index (κ2) is 6.02. The summed E-state index contributed by atoms with van der Waals surface area (Å²) in [7, 11) is 3.27. The third kappa shape index (κ3) is 2.75. The van der Waals surface area contributed by atoms with Crippen LogP contribution in [0, 0.1) is 0 Å². The van der Waals surface area contributed by atoms with Gasteiger partial charge in [-0.05, 0) is 22.9 Å². The number of aliphatic hydroxyl groups is 1. The molecule has 4 heteroatoms. The first-order valence-corrected chi connectivity index (χ1v) is 7.12. The van der Waals surface area contributed by atoms with E-state index in [0.29, 0.717) is 13.0 Å². The fourth-order valence-electron chi connectivity index (χ4n) is 2.91. The fraction of sp³-hybridized carbons (Fsp3) is 0.412. The zero-order valence-electron chi connectivity index (χ0n) is 12.3. The van der Waals surface area contributed by atoms with Crippen LogP contribution in [-0.4, -0.2) is 38.1 Å². The largest absolute Gasteiger partial charge is 0.496 e. The summed E-state index contributed by atoms with van der Waals surface area (Å²) >= 11 is 0. The molecule has 1 aliphatic rings. The summed E-state index contributed by atoms with van der Waals surface area (Å²) < 4.78 is 16.5. The Morgan fingerprint density at radius 3 is 2.57 bits per heavy atom. The summed E-state index contributed by atoms with van der Waals surface area (Å²) in [6.07, 6.45) is -0.398. The molecular formula is C17H20O4. The number of hydrogen-bond donors (Lipinski definition) is 1. The van der Waals surface area contributed by atoms with Crippen LogP contribution in [0.2, 0.25) is 0 Å². The van der Waals surface area contributed by atoms with Crippen LogP contribution in [0.25, 0.3) is 10.8 Å². The third-order valence-corrected chi connectivity index (χ3v) is 4.00. The fourth-order valence-corrected chi connectivity index (χ4v) is 2.91. The number of fused-ring (bicyclic) bond motifs is 1. The van der Waals surface area contributed by atoms with Crippen LogP contribution in [0.5, 0.6) is 5.75 Å². The lowest BCUT2D eigenvalue weighted by atomic mass is 9.99. The first-order chi connectivity index (χ1) is 10.2. The van der Waals surface area contributed by atoms with Gasteiger partial charge in [-0.15, -0.1) is 0 Å². The van der Waals surface area contributed by atoms with Gasteiger partial charge in [-0.3, -0.25) is 0 Å². The van der Waals surface area contributed by atoms with Crippen molar-refractivity contribution in [2.24, 2.45) is 0 Å². The topological polar surface area (TPSA) is 47.9 Å². The molecule has 0 aliphatic carbocycles. The highest BCUT2D eigenvalue weighted by Gasteiger charge is 2.36. The van der Waals surface area contributed by atoms with E-state index in [4.69, 9.17) is 14.2 Å². The second-order valence-corrected chi connectivity index (χ2v) is 5.36. The van der Waals surface area contributed by atoms with Crippen molar-refractivity contribution in [1.29, 1.82) is 0 Å². The number of rotatable bonds is 4. The van der Waals surface area contributed by atoms with Crippen LogP contribution in [0.15, 0.2) is 36.4 Å². The lowest BCUT2D eigenvalue weighted by molar-refractivity contribution is -0.0342. The molecule has 1 fully saturated rings. The maximum Gasteiger partial charge on any atom is 0.125 e. The minimum absolute atomic E-state index is 0.167. The molecule has 1 unspecified atom stereocenters. The molecule has 0 radical (unpaired) electrons. The van der Waals surface area contributed by atoms with Crippen LogP contribution in [0.3, 0.4) is 0 Å². The van der Waals surface area contributed by atoms with E-state index >= 15 is 0 Å². The summed E-state index contributed by atoms with van der Waals surface area (Å²) in [5.41, 5.74) is 0.980. The lowest BCUT2D eigenvalue weighted by Crippen LogP contribution is -2.25. The zero-order chi connectivity index (χ0) is 14.8. The van der Waals surface area contributed by atoms with Gasteiger partial charge in [-0.2, -0.15) is 0 Å². The summed E-state index contributed by atoms with van der Waals surface area (Å²) in [5.74, 6) is 0.795. The monoisotopic (exact) mass is 288 g/mol. The summed E-state index contributed by atoms with van der Waals surface area (Å²) in [5, 5.41) is 12.4. The molecule has 0 aromatic heterocycles. The van der Waals surface area contributed by atoms with Gasteiger partial charge in [-0.1, -0.05) is 24.3 Å². The Bertz CT molecular complexity index is 625. The normalized spacial score (nSPS) is 25.4. The molecular weight excluding hydrogens is 268 g/mol. The quantitative estimate of drug-likeness (QED) is 0.939. The molecule has 3 rings (SSSR count). The Morgan fingerprint density at radius 1 is 1.19 bits per heavy atom. The average Bonchev–Trinajstić information content (AvgIpc) is 2.87. The molecule has 3 atom stereocenters. The first-order valence-electron chi connectivity index (χ1n) is 7.12. The van der Waals surface area contributed by atoms with Gasteiger partial charge in [0.2, 0.25) is 0 Å². The van der Waals surface area contributed by atoms with Crippen LogP contribution in [0.4, 0.5) is 0 Å². The molecule has 1 heterocycles. The predicted octanol–water partition coefficient (Wildman–Crippen LogP) is 2.69. The van der Waals surface area contributed by atoms with E-state index in [-0.39, 0.29) is 12.2 Å². The van der Waals surface area contributed by atoms with Crippen LogP contribution >= 0.6 is 0 Å². The maximum absolute atomic E-state index is 10.1. The van der Waals surface area contributed by atoms with E-state index < -0.39 is 6.10 Å². The van der Waals surface area contributed by atoms with Crippen LogP contribution < -0.4 is 4.74 Å². The third-order valence-electron chi connectivity index (χ3n) is 4.00. The molecule has 112 valence electrons. The molecule has 0 amide bonds. The Hall–Kier alpha value is -1.62. The minimum atomic E-state index is -0.508. The molecule has 2 aromatic rings. The van der Waals surface area contributed by atoms with Crippen molar-refractivity contribution in [3.63, 3.8) is 0 Å². The van der Waals surface area contributed by atoms with Crippen molar-refractivity contribution in [2.75, 3.05) is 20.8 Å². The predicted molar refractivity (Wildman–Crippen MR) is 80.6 cm³/mol. The van der Waals surface area contributed by atoms with Gasteiger partial charge in [0.1, 0.15) is 11.9 Å². The van der Waals surface area contributed by atoms with Crippen molar-refractivity contribution in [3.8, 4) is 5.75 Å². The maximum atomic E-state index is 10.1. The van der Waals surface area contributed by atoms with E-state index in [1.54, 1.807) is 14.2 Å². The molecule has 1 N–H and O–H groups in total. The molecule has 2 aromatic carbocycles. The SMILES string of the molecule is COC[C@H]1O[C@@H](c2cc3ccccc3cc2OC)CC1O. The highest BCUT2D eigenvalue weighted by molar-refractivity contribution is 5.85. The number of hydrogen-bond acceptors (Lipinski definition) is 4. The number of aliphatic hydroxyl groups excluding tert-OH is 1. The van der Waals surface area contributed by atoms with Crippen molar-refractivity contribution in [1.82, 2.24) is 0 Å². The molecule has 0 bridgehead atoms. The molecule has 0 spiro atoms. The van der Waals surface area contributed by atoms with Gasteiger partial charge in [0.15, 0.2) is 0 Å². The Kier molecular flexibility index (Phi) is 4.10. The van der Waals surface area contributed by atoms with E-state index in [0.717, 1.165) is 22.1 Å². The van der Waals surface area contributed by atoms with Crippen molar-refractivity contribution in [2.45, 2.75) is 24.7 Å². The highest BCUT2D eigenvalue weighted by atomic mass is 16.6. The van der Waals surface area contributed by atoms with E-state index in [1.807, 2.05) is 18.2 Å². The van der Waals surface area contributed by atoms with Gasteiger partial charge >= 0.3 is 0 Å². The molecule has 1 saturated heterocycles. The summed E-state index contributed by atoms with van der Waals surface area (Å²) in [6, 6.07) is 12.2. The van der Waals surface area contributed by atoms with Gasteiger partial charge in [0.25, 0.3) is 0 Å². The molecule has 0 saturated carbocycles. The number of ether oxygens (including phenoxy) is 3. The second-order valence-electron chi connectivity index (χ2n) is 5.36. The number of methoxy groups -OCH3 is 2. The van der Waals surface area contributed by atoms with Crippen LogP contribution in [-0.2, 0) is 9.47 Å². The van der Waals surface area contributed by atoms with Gasteiger partial charge < -0.3 is 19.3 Å². The smallest absolute Gasteiger partial charge is 0.125 e. The van der Waals surface area contributed by atoms with Crippen molar-refractivity contribution >= 4 is 10.8 Å².